The molecule has 2 aliphatic heterocycles. The van der Waals surface area contributed by atoms with Crippen LogP contribution in [0.4, 0.5) is 5.69 Å². The molecule has 1 aromatic carbocycles. The number of nitrogens with zero attached hydrogens (tertiary/aromatic N) is 2. The van der Waals surface area contributed by atoms with Crippen molar-refractivity contribution in [3.8, 4) is 0 Å². The van der Waals surface area contributed by atoms with E-state index in [2.05, 4.69) is 10.4 Å². The summed E-state index contributed by atoms with van der Waals surface area (Å²) in [6, 6.07) is 6.16. The summed E-state index contributed by atoms with van der Waals surface area (Å²) in [6.07, 6.45) is 0.364. The maximum absolute atomic E-state index is 12.6. The Balaban J connectivity index is 1.74. The van der Waals surface area contributed by atoms with E-state index in [9.17, 15) is 18.0 Å². The van der Waals surface area contributed by atoms with E-state index >= 15 is 0 Å². The van der Waals surface area contributed by atoms with Crippen LogP contribution in [-0.4, -0.2) is 43.5 Å². The monoisotopic (exact) mass is 369 g/mol. The highest BCUT2D eigenvalue weighted by Crippen LogP contribution is 2.26. The SMILES string of the molecule is CC1=NN(c2cccc(Cl)c2)C(=O)[C@H]1C(=O)N[C@@H]1CCS(=O)(=O)C1. The summed E-state index contributed by atoms with van der Waals surface area (Å²) in [4.78, 5) is 25.0. The molecule has 3 rings (SSSR count). The number of sulfone groups is 1. The molecule has 0 radical (unpaired) electrons. The first-order chi connectivity index (χ1) is 11.3. The van der Waals surface area contributed by atoms with Gasteiger partial charge in [0.2, 0.25) is 5.91 Å². The van der Waals surface area contributed by atoms with Crippen molar-refractivity contribution in [3.05, 3.63) is 29.3 Å². The van der Waals surface area contributed by atoms with Crippen LogP contribution in [0.2, 0.25) is 5.02 Å². The summed E-state index contributed by atoms with van der Waals surface area (Å²) < 4.78 is 23.0. The molecule has 2 heterocycles. The van der Waals surface area contributed by atoms with Crippen LogP contribution in [0, 0.1) is 5.92 Å². The van der Waals surface area contributed by atoms with Crippen molar-refractivity contribution in [2.75, 3.05) is 16.5 Å². The maximum Gasteiger partial charge on any atom is 0.265 e. The fourth-order valence-electron chi connectivity index (χ4n) is 2.85. The lowest BCUT2D eigenvalue weighted by Crippen LogP contribution is -2.44. The molecule has 2 atom stereocenters. The molecule has 0 spiro atoms. The van der Waals surface area contributed by atoms with E-state index < -0.39 is 33.6 Å². The first-order valence-electron chi connectivity index (χ1n) is 7.42. The smallest absolute Gasteiger partial charge is 0.265 e. The van der Waals surface area contributed by atoms with Crippen molar-refractivity contribution < 1.29 is 18.0 Å². The molecule has 0 aliphatic carbocycles. The van der Waals surface area contributed by atoms with Crippen LogP contribution in [-0.2, 0) is 19.4 Å². The number of rotatable bonds is 3. The van der Waals surface area contributed by atoms with Crippen molar-refractivity contribution in [3.63, 3.8) is 0 Å². The van der Waals surface area contributed by atoms with Gasteiger partial charge < -0.3 is 5.32 Å². The summed E-state index contributed by atoms with van der Waals surface area (Å²) in [5.74, 6) is -2.08. The number of benzene rings is 1. The lowest BCUT2D eigenvalue weighted by Gasteiger charge is -2.16. The average Bonchev–Trinajstić information content (AvgIpc) is 2.98. The number of halogens is 1. The van der Waals surface area contributed by atoms with Gasteiger partial charge in [0, 0.05) is 11.1 Å². The Hall–Kier alpha value is -1.93. The molecule has 1 saturated heterocycles. The highest BCUT2D eigenvalue weighted by Gasteiger charge is 2.41. The molecule has 128 valence electrons. The summed E-state index contributed by atoms with van der Waals surface area (Å²) >= 11 is 5.92. The van der Waals surface area contributed by atoms with Crippen LogP contribution in [0.25, 0.3) is 0 Å². The third kappa shape index (κ3) is 3.29. The number of nitrogens with one attached hydrogen (secondary N) is 1. The van der Waals surface area contributed by atoms with Crippen molar-refractivity contribution in [2.45, 2.75) is 19.4 Å². The lowest BCUT2D eigenvalue weighted by molar-refractivity contribution is -0.130. The van der Waals surface area contributed by atoms with Crippen LogP contribution in [0.3, 0.4) is 0 Å². The molecule has 24 heavy (non-hydrogen) atoms. The lowest BCUT2D eigenvalue weighted by atomic mass is 10.0. The van der Waals surface area contributed by atoms with E-state index in [1.54, 1.807) is 31.2 Å². The molecule has 2 aliphatic rings. The number of carbonyl (C=O) groups excluding carboxylic acids is 2. The van der Waals surface area contributed by atoms with Gasteiger partial charge in [0.15, 0.2) is 15.8 Å². The zero-order chi connectivity index (χ0) is 17.5. The molecular formula is C15H16ClN3O4S. The van der Waals surface area contributed by atoms with Crippen LogP contribution in [0.5, 0.6) is 0 Å². The summed E-state index contributed by atoms with van der Waals surface area (Å²) in [5.41, 5.74) is 0.837. The van der Waals surface area contributed by atoms with Crippen molar-refractivity contribution in [2.24, 2.45) is 11.0 Å². The molecule has 1 N–H and O–H groups in total. The van der Waals surface area contributed by atoms with E-state index in [1.807, 2.05) is 0 Å². The minimum Gasteiger partial charge on any atom is -0.351 e. The minimum atomic E-state index is -3.11. The Morgan fingerprint density at radius 2 is 2.17 bits per heavy atom. The van der Waals surface area contributed by atoms with Crippen molar-refractivity contribution in [1.82, 2.24) is 5.32 Å². The highest BCUT2D eigenvalue weighted by molar-refractivity contribution is 7.91. The molecule has 0 aromatic heterocycles. The number of amides is 2. The quantitative estimate of drug-likeness (QED) is 0.803. The molecule has 2 amide bonds. The maximum atomic E-state index is 12.6. The highest BCUT2D eigenvalue weighted by atomic mass is 35.5. The Morgan fingerprint density at radius 1 is 1.42 bits per heavy atom. The Kier molecular flexibility index (Phi) is 4.35. The number of hydrazone groups is 1. The van der Waals surface area contributed by atoms with E-state index in [4.69, 9.17) is 11.6 Å². The van der Waals surface area contributed by atoms with E-state index in [0.717, 1.165) is 5.01 Å². The largest absolute Gasteiger partial charge is 0.351 e. The van der Waals surface area contributed by atoms with Crippen LogP contribution < -0.4 is 10.3 Å². The van der Waals surface area contributed by atoms with Gasteiger partial charge in [-0.2, -0.15) is 10.1 Å². The van der Waals surface area contributed by atoms with Crippen LogP contribution in [0.15, 0.2) is 29.4 Å². The third-order valence-electron chi connectivity index (χ3n) is 4.02. The summed E-state index contributed by atoms with van der Waals surface area (Å²) in [7, 11) is -3.11. The van der Waals surface area contributed by atoms with E-state index in [0.29, 0.717) is 22.8 Å². The predicted octanol–water partition coefficient (Wildman–Crippen LogP) is 0.982. The minimum absolute atomic E-state index is 0.0538. The van der Waals surface area contributed by atoms with E-state index in [-0.39, 0.29) is 11.5 Å². The number of hydrogen-bond acceptors (Lipinski definition) is 5. The van der Waals surface area contributed by atoms with Gasteiger partial charge in [-0.3, -0.25) is 9.59 Å². The fourth-order valence-corrected chi connectivity index (χ4v) is 4.71. The molecule has 1 aromatic rings. The van der Waals surface area contributed by atoms with Gasteiger partial charge in [-0.15, -0.1) is 0 Å². The van der Waals surface area contributed by atoms with Gasteiger partial charge in [-0.25, -0.2) is 8.42 Å². The summed E-state index contributed by atoms with van der Waals surface area (Å²) in [6.45, 7) is 1.60. The van der Waals surface area contributed by atoms with E-state index in [1.165, 1.54) is 0 Å². The standard InChI is InChI=1S/C15H16ClN3O4S/c1-9-13(14(20)17-11-5-6-24(22,23)8-11)15(21)19(18-9)12-4-2-3-10(16)7-12/h2-4,7,11,13H,5-6,8H2,1H3,(H,17,20)/t11-,13-/m1/s1. The van der Waals surface area contributed by atoms with Gasteiger partial charge in [-0.1, -0.05) is 17.7 Å². The Morgan fingerprint density at radius 3 is 2.79 bits per heavy atom. The summed E-state index contributed by atoms with van der Waals surface area (Å²) in [5, 5.41) is 8.40. The first-order valence-corrected chi connectivity index (χ1v) is 9.62. The molecule has 0 bridgehead atoms. The van der Waals surface area contributed by atoms with Gasteiger partial charge in [-0.05, 0) is 31.5 Å². The number of anilines is 1. The molecule has 7 nitrogen and oxygen atoms in total. The predicted molar refractivity (Wildman–Crippen MR) is 90.7 cm³/mol. The second-order valence-corrected chi connectivity index (χ2v) is 8.58. The normalized spacial score (nSPS) is 25.7. The van der Waals surface area contributed by atoms with Gasteiger partial charge in [0.05, 0.1) is 22.9 Å². The molecule has 0 saturated carbocycles. The third-order valence-corrected chi connectivity index (χ3v) is 6.03. The van der Waals surface area contributed by atoms with Gasteiger partial charge in [0.25, 0.3) is 5.91 Å². The topological polar surface area (TPSA) is 95.9 Å². The number of carbonyl (C=O) groups is 2. The van der Waals surface area contributed by atoms with Crippen LogP contribution >= 0.6 is 11.6 Å². The molecule has 1 fully saturated rings. The average molecular weight is 370 g/mol. The zero-order valence-electron chi connectivity index (χ0n) is 12.9. The Labute approximate surface area is 144 Å². The molecular weight excluding hydrogens is 354 g/mol. The fraction of sp³-hybridized carbons (Fsp3) is 0.400. The second-order valence-electron chi connectivity index (χ2n) is 5.91. The van der Waals surface area contributed by atoms with Gasteiger partial charge in [0.1, 0.15) is 0 Å². The first kappa shape index (κ1) is 16.9. The second kappa shape index (κ2) is 6.18. The zero-order valence-corrected chi connectivity index (χ0v) is 14.5. The number of hydrogen-bond donors (Lipinski definition) is 1. The molecule has 0 unspecified atom stereocenters. The molecule has 9 heteroatoms. The van der Waals surface area contributed by atoms with Crippen molar-refractivity contribution >= 4 is 44.7 Å². The Bertz CT molecular complexity index is 837. The van der Waals surface area contributed by atoms with Crippen molar-refractivity contribution in [1.29, 1.82) is 0 Å². The van der Waals surface area contributed by atoms with Crippen LogP contribution in [0.1, 0.15) is 13.3 Å². The van der Waals surface area contributed by atoms with Gasteiger partial charge >= 0.3 is 0 Å².